The maximum atomic E-state index is 13.0. The van der Waals surface area contributed by atoms with Gasteiger partial charge < -0.3 is 4.90 Å². The van der Waals surface area contributed by atoms with Crippen molar-refractivity contribution in [2.75, 3.05) is 24.2 Å². The van der Waals surface area contributed by atoms with Crippen molar-refractivity contribution in [1.29, 1.82) is 0 Å². The summed E-state index contributed by atoms with van der Waals surface area (Å²) in [5.74, 6) is -0.108. The van der Waals surface area contributed by atoms with Crippen LogP contribution in [-0.2, 0) is 21.4 Å². The van der Waals surface area contributed by atoms with Gasteiger partial charge in [-0.05, 0) is 23.6 Å². The van der Waals surface area contributed by atoms with Crippen molar-refractivity contribution in [2.45, 2.75) is 20.4 Å². The number of rotatable bonds is 8. The molecule has 0 aliphatic heterocycles. The van der Waals surface area contributed by atoms with E-state index in [4.69, 9.17) is 0 Å². The van der Waals surface area contributed by atoms with Crippen LogP contribution in [0.5, 0.6) is 0 Å². The van der Waals surface area contributed by atoms with E-state index in [1.807, 2.05) is 74.5 Å². The molecule has 140 valence electrons. The van der Waals surface area contributed by atoms with Crippen molar-refractivity contribution in [3.05, 3.63) is 66.2 Å². The molecular formula is C20H26N2O3S. The Labute approximate surface area is 156 Å². The first-order valence-corrected chi connectivity index (χ1v) is 10.5. The maximum Gasteiger partial charge on any atom is 0.242 e. The van der Waals surface area contributed by atoms with Crippen molar-refractivity contribution in [3.63, 3.8) is 0 Å². The van der Waals surface area contributed by atoms with Gasteiger partial charge in [0.15, 0.2) is 0 Å². The minimum Gasteiger partial charge on any atom is -0.307 e. The molecule has 2 rings (SSSR count). The van der Waals surface area contributed by atoms with Crippen LogP contribution in [0.15, 0.2) is 60.7 Å². The average molecular weight is 375 g/mol. The van der Waals surface area contributed by atoms with Gasteiger partial charge in [0.1, 0.15) is 0 Å². The fourth-order valence-corrected chi connectivity index (χ4v) is 3.57. The minimum atomic E-state index is -3.46. The fraction of sp³-hybridized carbons (Fsp3) is 0.350. The standard InChI is InChI=1S/C20H26N2O3S/c1-17(2)14-21(26(3,24)25)16-20(23)22(19-12-8-5-9-13-19)15-18-10-6-4-7-11-18/h4-13,17H,14-16H2,1-3H3. The third-order valence-corrected chi connectivity index (χ3v) is 5.12. The van der Waals surface area contributed by atoms with Gasteiger partial charge in [-0.15, -0.1) is 0 Å². The first-order valence-electron chi connectivity index (χ1n) is 8.62. The molecule has 0 aliphatic rings. The lowest BCUT2D eigenvalue weighted by Gasteiger charge is -2.27. The monoisotopic (exact) mass is 374 g/mol. The van der Waals surface area contributed by atoms with Crippen molar-refractivity contribution in [2.24, 2.45) is 5.92 Å². The number of para-hydroxylation sites is 1. The van der Waals surface area contributed by atoms with Crippen molar-refractivity contribution >= 4 is 21.6 Å². The molecule has 0 radical (unpaired) electrons. The van der Waals surface area contributed by atoms with Gasteiger partial charge in [-0.25, -0.2) is 8.42 Å². The predicted octanol–water partition coefficient (Wildman–Crippen LogP) is 3.14. The van der Waals surface area contributed by atoms with Gasteiger partial charge in [-0.3, -0.25) is 4.79 Å². The second-order valence-corrected chi connectivity index (χ2v) is 8.73. The molecule has 0 atom stereocenters. The predicted molar refractivity (Wildman–Crippen MR) is 105 cm³/mol. The molecule has 2 aromatic rings. The first kappa shape index (κ1) is 20.1. The number of carbonyl (C=O) groups is 1. The number of hydrogen-bond donors (Lipinski definition) is 0. The summed E-state index contributed by atoms with van der Waals surface area (Å²) in [7, 11) is -3.46. The summed E-state index contributed by atoms with van der Waals surface area (Å²) in [5, 5.41) is 0. The molecule has 0 saturated heterocycles. The fourth-order valence-electron chi connectivity index (χ4n) is 2.66. The van der Waals surface area contributed by atoms with Crippen LogP contribution in [0.25, 0.3) is 0 Å². The normalized spacial score (nSPS) is 11.7. The number of hydrogen-bond acceptors (Lipinski definition) is 3. The number of anilines is 1. The highest BCUT2D eigenvalue weighted by atomic mass is 32.2. The van der Waals surface area contributed by atoms with Crippen LogP contribution in [0.3, 0.4) is 0 Å². The molecular weight excluding hydrogens is 348 g/mol. The van der Waals surface area contributed by atoms with Crippen LogP contribution in [0, 0.1) is 5.92 Å². The Morgan fingerprint density at radius 1 is 0.962 bits per heavy atom. The summed E-state index contributed by atoms with van der Waals surface area (Å²) in [4.78, 5) is 14.6. The molecule has 0 spiro atoms. The summed E-state index contributed by atoms with van der Waals surface area (Å²) < 4.78 is 25.4. The van der Waals surface area contributed by atoms with E-state index in [1.165, 1.54) is 4.31 Å². The molecule has 0 saturated carbocycles. The Bertz CT molecular complexity index is 805. The Balaban J connectivity index is 2.27. The number of benzene rings is 2. The average Bonchev–Trinajstić information content (AvgIpc) is 2.59. The van der Waals surface area contributed by atoms with Crippen LogP contribution in [0.2, 0.25) is 0 Å². The van der Waals surface area contributed by atoms with Gasteiger partial charge >= 0.3 is 0 Å². The third-order valence-electron chi connectivity index (χ3n) is 3.90. The number of amides is 1. The summed E-state index contributed by atoms with van der Waals surface area (Å²) in [5.41, 5.74) is 1.74. The molecule has 0 fully saturated rings. The van der Waals surface area contributed by atoms with Crippen molar-refractivity contribution in [3.8, 4) is 0 Å². The van der Waals surface area contributed by atoms with Crippen molar-refractivity contribution < 1.29 is 13.2 Å². The van der Waals surface area contributed by atoms with E-state index in [1.54, 1.807) is 4.90 Å². The molecule has 5 nitrogen and oxygen atoms in total. The number of carbonyl (C=O) groups excluding carboxylic acids is 1. The molecule has 0 aliphatic carbocycles. The second kappa shape index (κ2) is 8.96. The lowest BCUT2D eigenvalue weighted by Crippen LogP contribution is -2.43. The summed E-state index contributed by atoms with van der Waals surface area (Å²) in [6, 6.07) is 19.0. The van der Waals surface area contributed by atoms with Gasteiger partial charge in [-0.2, -0.15) is 4.31 Å². The Morgan fingerprint density at radius 3 is 2.00 bits per heavy atom. The van der Waals surface area contributed by atoms with Crippen LogP contribution in [0.4, 0.5) is 5.69 Å². The lowest BCUT2D eigenvalue weighted by atomic mass is 10.2. The van der Waals surface area contributed by atoms with Crippen LogP contribution >= 0.6 is 0 Å². The third kappa shape index (κ3) is 5.97. The van der Waals surface area contributed by atoms with Crippen LogP contribution < -0.4 is 4.90 Å². The van der Waals surface area contributed by atoms with Gasteiger partial charge in [0, 0.05) is 12.2 Å². The highest BCUT2D eigenvalue weighted by Gasteiger charge is 2.25. The summed E-state index contributed by atoms with van der Waals surface area (Å²) in [6.45, 7) is 4.41. The molecule has 0 aromatic heterocycles. The molecule has 0 bridgehead atoms. The highest BCUT2D eigenvalue weighted by molar-refractivity contribution is 7.88. The zero-order chi connectivity index (χ0) is 19.2. The molecule has 2 aromatic carbocycles. The van der Waals surface area contributed by atoms with E-state index in [-0.39, 0.29) is 18.4 Å². The smallest absolute Gasteiger partial charge is 0.242 e. The molecule has 1 amide bonds. The number of sulfonamides is 1. The van der Waals surface area contributed by atoms with Gasteiger partial charge in [0.25, 0.3) is 0 Å². The Hall–Kier alpha value is -2.18. The highest BCUT2D eigenvalue weighted by Crippen LogP contribution is 2.18. The molecule has 0 N–H and O–H groups in total. The van der Waals surface area contributed by atoms with E-state index in [2.05, 4.69) is 0 Å². The van der Waals surface area contributed by atoms with Gasteiger partial charge in [-0.1, -0.05) is 62.4 Å². The Morgan fingerprint density at radius 2 is 1.50 bits per heavy atom. The van der Waals surface area contributed by atoms with E-state index >= 15 is 0 Å². The minimum absolute atomic E-state index is 0.136. The second-order valence-electron chi connectivity index (χ2n) is 6.75. The molecule has 26 heavy (non-hydrogen) atoms. The van der Waals surface area contributed by atoms with Gasteiger partial charge in [0.05, 0.1) is 19.3 Å². The Kier molecular flexibility index (Phi) is 6.94. The summed E-state index contributed by atoms with van der Waals surface area (Å²) in [6.07, 6.45) is 1.15. The number of nitrogens with zero attached hydrogens (tertiary/aromatic N) is 2. The first-order chi connectivity index (χ1) is 12.3. The largest absolute Gasteiger partial charge is 0.307 e. The van der Waals surface area contributed by atoms with Crippen LogP contribution in [0.1, 0.15) is 19.4 Å². The van der Waals surface area contributed by atoms with E-state index in [0.29, 0.717) is 13.1 Å². The van der Waals surface area contributed by atoms with E-state index < -0.39 is 10.0 Å². The zero-order valence-electron chi connectivity index (χ0n) is 15.5. The quantitative estimate of drug-likeness (QED) is 0.713. The van der Waals surface area contributed by atoms with E-state index in [0.717, 1.165) is 17.5 Å². The lowest BCUT2D eigenvalue weighted by molar-refractivity contribution is -0.119. The molecule has 6 heteroatoms. The van der Waals surface area contributed by atoms with Crippen molar-refractivity contribution in [1.82, 2.24) is 4.31 Å². The topological polar surface area (TPSA) is 57.7 Å². The molecule has 0 unspecified atom stereocenters. The van der Waals surface area contributed by atoms with E-state index in [9.17, 15) is 13.2 Å². The zero-order valence-corrected chi connectivity index (χ0v) is 16.3. The van der Waals surface area contributed by atoms with Gasteiger partial charge in [0.2, 0.25) is 15.9 Å². The SMILES string of the molecule is CC(C)CN(CC(=O)N(Cc1ccccc1)c1ccccc1)S(C)(=O)=O. The molecule has 0 heterocycles. The maximum absolute atomic E-state index is 13.0. The van der Waals surface area contributed by atoms with Crippen LogP contribution in [-0.4, -0.2) is 38.0 Å². The summed E-state index contributed by atoms with van der Waals surface area (Å²) >= 11 is 0.